The topological polar surface area (TPSA) is 69.4 Å². The molecule has 4 nitrogen and oxygen atoms in total. The van der Waals surface area contributed by atoms with Crippen molar-refractivity contribution in [3.05, 3.63) is 0 Å². The second-order valence-corrected chi connectivity index (χ2v) is 6.01. The molecule has 0 aliphatic heterocycles. The fourth-order valence-corrected chi connectivity index (χ4v) is 2.19. The molecule has 1 atom stereocenters. The summed E-state index contributed by atoms with van der Waals surface area (Å²) in [6.45, 7) is 6.34. The van der Waals surface area contributed by atoms with Gasteiger partial charge in [0.1, 0.15) is 0 Å². The van der Waals surface area contributed by atoms with Crippen LogP contribution in [-0.2, 0) is 14.8 Å². The SMILES string of the molecule is COCC(CS(N)(=O)=O)C(C)(C)C. The van der Waals surface area contributed by atoms with E-state index in [-0.39, 0.29) is 17.1 Å². The summed E-state index contributed by atoms with van der Waals surface area (Å²) in [5.41, 5.74) is -0.109. The quantitative estimate of drug-likeness (QED) is 0.736. The van der Waals surface area contributed by atoms with Gasteiger partial charge in [0.25, 0.3) is 0 Å². The number of primary sulfonamides is 1. The molecule has 13 heavy (non-hydrogen) atoms. The van der Waals surface area contributed by atoms with E-state index in [9.17, 15) is 8.42 Å². The van der Waals surface area contributed by atoms with Crippen LogP contribution in [0, 0.1) is 11.3 Å². The third-order valence-corrected chi connectivity index (χ3v) is 2.89. The minimum absolute atomic E-state index is 0.0235. The van der Waals surface area contributed by atoms with E-state index in [2.05, 4.69) is 0 Å². The summed E-state index contributed by atoms with van der Waals surface area (Å²) in [4.78, 5) is 0. The predicted molar refractivity (Wildman–Crippen MR) is 52.8 cm³/mol. The Balaban J connectivity index is 4.45. The summed E-state index contributed by atoms with van der Waals surface area (Å²) in [6.07, 6.45) is 0. The Morgan fingerprint density at radius 2 is 1.85 bits per heavy atom. The highest BCUT2D eigenvalue weighted by molar-refractivity contribution is 7.89. The van der Waals surface area contributed by atoms with Gasteiger partial charge >= 0.3 is 0 Å². The molecule has 0 aliphatic carbocycles. The molecule has 0 aromatic rings. The van der Waals surface area contributed by atoms with Gasteiger partial charge in [-0.05, 0) is 5.41 Å². The van der Waals surface area contributed by atoms with Crippen molar-refractivity contribution in [3.63, 3.8) is 0 Å². The van der Waals surface area contributed by atoms with Crippen molar-refractivity contribution in [2.24, 2.45) is 16.5 Å². The largest absolute Gasteiger partial charge is 0.384 e. The highest BCUT2D eigenvalue weighted by Gasteiger charge is 2.28. The van der Waals surface area contributed by atoms with Crippen LogP contribution in [0.25, 0.3) is 0 Å². The molecule has 5 heteroatoms. The molecule has 1 unspecified atom stereocenters. The molecule has 0 bridgehead atoms. The average Bonchev–Trinajstić information content (AvgIpc) is 1.81. The van der Waals surface area contributed by atoms with E-state index < -0.39 is 10.0 Å². The van der Waals surface area contributed by atoms with Gasteiger partial charge < -0.3 is 4.74 Å². The van der Waals surface area contributed by atoms with Gasteiger partial charge in [-0.15, -0.1) is 0 Å². The van der Waals surface area contributed by atoms with E-state index in [1.54, 1.807) is 7.11 Å². The summed E-state index contributed by atoms with van der Waals surface area (Å²) in [5.74, 6) is -0.0860. The molecule has 0 spiro atoms. The summed E-state index contributed by atoms with van der Waals surface area (Å²) in [6, 6.07) is 0. The van der Waals surface area contributed by atoms with E-state index in [1.807, 2.05) is 20.8 Å². The second-order valence-electron chi connectivity index (χ2n) is 4.35. The highest BCUT2D eigenvalue weighted by Crippen LogP contribution is 2.26. The maximum Gasteiger partial charge on any atom is 0.209 e. The number of rotatable bonds is 4. The molecule has 0 aromatic heterocycles. The van der Waals surface area contributed by atoms with E-state index >= 15 is 0 Å². The maximum atomic E-state index is 10.9. The van der Waals surface area contributed by atoms with Crippen molar-refractivity contribution in [1.82, 2.24) is 0 Å². The van der Waals surface area contributed by atoms with Crippen LogP contribution in [0.3, 0.4) is 0 Å². The lowest BCUT2D eigenvalue weighted by Crippen LogP contribution is -2.34. The van der Waals surface area contributed by atoms with E-state index in [0.717, 1.165) is 0 Å². The predicted octanol–water partition coefficient (Wildman–Crippen LogP) is 0.584. The number of hydrogen-bond donors (Lipinski definition) is 1. The van der Waals surface area contributed by atoms with Crippen molar-refractivity contribution < 1.29 is 13.2 Å². The molecule has 0 aromatic carbocycles. The molecular weight excluding hydrogens is 190 g/mol. The lowest BCUT2D eigenvalue weighted by molar-refractivity contribution is 0.103. The van der Waals surface area contributed by atoms with Gasteiger partial charge in [0.2, 0.25) is 10.0 Å². The van der Waals surface area contributed by atoms with Gasteiger partial charge in [-0.2, -0.15) is 0 Å². The standard InChI is InChI=1S/C8H19NO3S/c1-8(2,3)7(5-12-4)6-13(9,10)11/h7H,5-6H2,1-4H3,(H2,9,10,11). The highest BCUT2D eigenvalue weighted by atomic mass is 32.2. The Morgan fingerprint density at radius 1 is 1.38 bits per heavy atom. The molecule has 0 radical (unpaired) electrons. The van der Waals surface area contributed by atoms with Gasteiger partial charge in [0, 0.05) is 13.0 Å². The van der Waals surface area contributed by atoms with Crippen LogP contribution in [0.1, 0.15) is 20.8 Å². The molecule has 0 amide bonds. The lowest BCUT2D eigenvalue weighted by Gasteiger charge is -2.29. The molecule has 0 fully saturated rings. The first-order valence-electron chi connectivity index (χ1n) is 4.16. The van der Waals surface area contributed by atoms with Gasteiger partial charge in [-0.3, -0.25) is 0 Å². The Labute approximate surface area is 80.5 Å². The zero-order valence-electron chi connectivity index (χ0n) is 8.70. The van der Waals surface area contributed by atoms with Crippen LogP contribution < -0.4 is 5.14 Å². The van der Waals surface area contributed by atoms with Crippen LogP contribution in [0.15, 0.2) is 0 Å². The fourth-order valence-electron chi connectivity index (χ4n) is 1.03. The number of sulfonamides is 1. The summed E-state index contributed by atoms with van der Waals surface area (Å²) in [5, 5.41) is 4.98. The van der Waals surface area contributed by atoms with Crippen LogP contribution in [0.5, 0.6) is 0 Å². The fraction of sp³-hybridized carbons (Fsp3) is 1.00. The van der Waals surface area contributed by atoms with Crippen molar-refractivity contribution in [2.75, 3.05) is 19.5 Å². The zero-order chi connectivity index (χ0) is 10.7. The van der Waals surface area contributed by atoms with Crippen molar-refractivity contribution in [3.8, 4) is 0 Å². The molecular formula is C8H19NO3S. The second kappa shape index (κ2) is 4.39. The summed E-state index contributed by atoms with van der Waals surface area (Å²) >= 11 is 0. The molecule has 0 saturated heterocycles. The molecule has 80 valence electrons. The first-order valence-corrected chi connectivity index (χ1v) is 5.88. The van der Waals surface area contributed by atoms with E-state index in [4.69, 9.17) is 9.88 Å². The van der Waals surface area contributed by atoms with Crippen LogP contribution in [0.4, 0.5) is 0 Å². The van der Waals surface area contributed by atoms with Crippen molar-refractivity contribution >= 4 is 10.0 Å². The number of nitrogens with two attached hydrogens (primary N) is 1. The maximum absolute atomic E-state index is 10.9. The minimum Gasteiger partial charge on any atom is -0.384 e. The zero-order valence-corrected chi connectivity index (χ0v) is 9.52. The number of methoxy groups -OCH3 is 1. The third kappa shape index (κ3) is 6.01. The summed E-state index contributed by atoms with van der Waals surface area (Å²) < 4.78 is 26.7. The Morgan fingerprint density at radius 3 is 2.08 bits per heavy atom. The first-order chi connectivity index (χ1) is 5.67. The number of ether oxygens (including phenoxy) is 1. The Hall–Kier alpha value is -0.130. The number of hydrogen-bond acceptors (Lipinski definition) is 3. The van der Waals surface area contributed by atoms with Gasteiger partial charge in [-0.1, -0.05) is 20.8 Å². The van der Waals surface area contributed by atoms with Crippen LogP contribution >= 0.6 is 0 Å². The van der Waals surface area contributed by atoms with Crippen LogP contribution in [0.2, 0.25) is 0 Å². The van der Waals surface area contributed by atoms with E-state index in [0.29, 0.717) is 6.61 Å². The Bertz CT molecular complexity index is 241. The molecule has 0 rings (SSSR count). The van der Waals surface area contributed by atoms with Gasteiger partial charge in [0.05, 0.1) is 12.4 Å². The molecule has 0 saturated carbocycles. The van der Waals surface area contributed by atoms with Crippen LogP contribution in [-0.4, -0.2) is 27.9 Å². The third-order valence-electron chi connectivity index (χ3n) is 2.03. The minimum atomic E-state index is -3.41. The monoisotopic (exact) mass is 209 g/mol. The molecule has 0 aliphatic rings. The Kier molecular flexibility index (Phi) is 4.35. The smallest absolute Gasteiger partial charge is 0.209 e. The van der Waals surface area contributed by atoms with Crippen molar-refractivity contribution in [2.45, 2.75) is 20.8 Å². The molecule has 2 N–H and O–H groups in total. The summed E-state index contributed by atoms with van der Waals surface area (Å²) in [7, 11) is -1.85. The average molecular weight is 209 g/mol. The van der Waals surface area contributed by atoms with Gasteiger partial charge in [-0.25, -0.2) is 13.6 Å². The molecule has 0 heterocycles. The lowest BCUT2D eigenvalue weighted by atomic mass is 9.82. The van der Waals surface area contributed by atoms with Crippen molar-refractivity contribution in [1.29, 1.82) is 0 Å². The first kappa shape index (κ1) is 12.9. The van der Waals surface area contributed by atoms with Gasteiger partial charge in [0.15, 0.2) is 0 Å². The normalized spacial score (nSPS) is 15.8. The van der Waals surface area contributed by atoms with E-state index in [1.165, 1.54) is 0 Å².